The summed E-state index contributed by atoms with van der Waals surface area (Å²) in [5.74, 6) is -1.05. The molecule has 2 saturated heterocycles. The number of aromatic nitrogens is 2. The Kier molecular flexibility index (Phi) is 9.50. The molecule has 6 N–H and O–H groups in total. The molecule has 0 spiro atoms. The molecule has 2 fully saturated rings. The fraction of sp³-hybridized carbons (Fsp3) is 0.515. The largest absolute Gasteiger partial charge is 0.481 e. The smallest absolute Gasteiger partial charge is 0.303 e. The van der Waals surface area contributed by atoms with Gasteiger partial charge in [0, 0.05) is 76.1 Å². The highest BCUT2D eigenvalue weighted by atomic mass is 32.1. The molecule has 44 heavy (non-hydrogen) atoms. The van der Waals surface area contributed by atoms with Gasteiger partial charge in [-0.2, -0.15) is 22.4 Å². The van der Waals surface area contributed by atoms with Crippen LogP contribution in [0.5, 0.6) is 0 Å². The lowest BCUT2D eigenvalue weighted by atomic mass is 9.91. The van der Waals surface area contributed by atoms with Crippen molar-refractivity contribution in [3.05, 3.63) is 61.3 Å². The highest BCUT2D eigenvalue weighted by molar-refractivity contribution is 7.80. The van der Waals surface area contributed by atoms with Crippen LogP contribution < -0.4 is 21.2 Å². The van der Waals surface area contributed by atoms with E-state index >= 15 is 0 Å². The third kappa shape index (κ3) is 6.56. The summed E-state index contributed by atoms with van der Waals surface area (Å²) in [7, 11) is 0. The highest BCUT2D eigenvalue weighted by Crippen LogP contribution is 2.34. The Morgan fingerprint density at radius 2 is 1.84 bits per heavy atom. The lowest BCUT2D eigenvalue weighted by Gasteiger charge is -2.17. The topological polar surface area (TPSA) is 155 Å². The second-order valence-electron chi connectivity index (χ2n) is 12.3. The van der Waals surface area contributed by atoms with Crippen molar-refractivity contribution in [3.63, 3.8) is 0 Å². The zero-order valence-electron chi connectivity index (χ0n) is 26.2. The van der Waals surface area contributed by atoms with E-state index in [-0.39, 0.29) is 41.6 Å². The first-order chi connectivity index (χ1) is 20.9. The van der Waals surface area contributed by atoms with E-state index in [1.54, 1.807) is 0 Å². The second-order valence-corrected chi connectivity index (χ2v) is 13.1. The number of amides is 1. The van der Waals surface area contributed by atoms with E-state index in [9.17, 15) is 19.8 Å². The maximum Gasteiger partial charge on any atom is 0.303 e. The highest BCUT2D eigenvalue weighted by Gasteiger charge is 2.37. The number of carbonyl (C=O) groups is 2. The van der Waals surface area contributed by atoms with E-state index in [0.717, 1.165) is 62.2 Å². The number of rotatable bonds is 11. The van der Waals surface area contributed by atoms with Crippen molar-refractivity contribution in [3.8, 4) is 0 Å². The SMILES string of the molecule is CCC1C(C)=C(Cc2[nH]c(=C\c3[nH]c(/C=C4\NC(=O)[C@H](C)[C@H]4C(C)S)c(C)c3CCC(=O)O)/c(=C/CC3OO3)c2C)NC1O. The number of aliphatic carboxylic acids is 1. The fourth-order valence-electron chi connectivity index (χ4n) is 6.71. The van der Waals surface area contributed by atoms with Gasteiger partial charge in [-0.3, -0.25) is 9.59 Å². The van der Waals surface area contributed by atoms with Gasteiger partial charge in [0.15, 0.2) is 0 Å². The van der Waals surface area contributed by atoms with Gasteiger partial charge in [-0.1, -0.05) is 26.8 Å². The van der Waals surface area contributed by atoms with Crippen molar-refractivity contribution >= 4 is 42.7 Å². The molecule has 0 aliphatic carbocycles. The number of hydrogen-bond donors (Lipinski definition) is 7. The number of aliphatic hydroxyl groups is 1. The van der Waals surface area contributed by atoms with Gasteiger partial charge in [0.25, 0.3) is 0 Å². The first-order valence-corrected chi connectivity index (χ1v) is 15.9. The van der Waals surface area contributed by atoms with Gasteiger partial charge in [-0.25, -0.2) is 0 Å². The summed E-state index contributed by atoms with van der Waals surface area (Å²) in [5, 5.41) is 28.2. The fourth-order valence-corrected chi connectivity index (χ4v) is 7.12. The van der Waals surface area contributed by atoms with Gasteiger partial charge in [0.05, 0.1) is 0 Å². The molecule has 0 bridgehead atoms. The molecule has 10 nitrogen and oxygen atoms in total. The van der Waals surface area contributed by atoms with Gasteiger partial charge < -0.3 is 30.8 Å². The van der Waals surface area contributed by atoms with E-state index < -0.39 is 12.2 Å². The van der Waals surface area contributed by atoms with Crippen LogP contribution in [0.2, 0.25) is 0 Å². The van der Waals surface area contributed by atoms with Gasteiger partial charge in [-0.15, -0.1) is 0 Å². The van der Waals surface area contributed by atoms with E-state index in [1.165, 1.54) is 5.57 Å². The number of aliphatic hydroxyl groups excluding tert-OH is 1. The predicted molar refractivity (Wildman–Crippen MR) is 171 cm³/mol. The van der Waals surface area contributed by atoms with E-state index in [0.29, 0.717) is 19.3 Å². The minimum atomic E-state index is -0.867. The molecule has 238 valence electrons. The summed E-state index contributed by atoms with van der Waals surface area (Å²) in [6.07, 6.45) is 7.64. The maximum absolute atomic E-state index is 12.5. The summed E-state index contributed by atoms with van der Waals surface area (Å²) < 4.78 is 0. The standard InChI is InChI=1S/C33H44N4O6S/c1-7-20-15(2)25(36-33(20)41)12-23-17(4)22(9-11-30-42-43-30)27(34-23)14-26-21(8-10-29(38)39)16(3)24(35-26)13-28-31(19(6)44)18(5)32(40)37-28/h9,13-14,18-20,30-31,33-36,41,44H,7-8,10-12H2,1-6H3,(H,37,40)(H,38,39)/b22-9+,27-14-,28-13-/t18-,19?,20?,31+,33?/m1/s1. The molecule has 5 rings (SSSR count). The quantitative estimate of drug-likeness (QED) is 0.115. The predicted octanol–water partition coefficient (Wildman–Crippen LogP) is 3.07. The normalized spacial score (nSPS) is 26.2. The zero-order chi connectivity index (χ0) is 31.9. The van der Waals surface area contributed by atoms with Crippen LogP contribution >= 0.6 is 12.6 Å². The molecule has 1 amide bonds. The van der Waals surface area contributed by atoms with Crippen LogP contribution in [0.4, 0.5) is 0 Å². The van der Waals surface area contributed by atoms with Crippen molar-refractivity contribution in [2.45, 2.75) is 91.4 Å². The van der Waals surface area contributed by atoms with Crippen LogP contribution in [0.1, 0.15) is 80.7 Å². The van der Waals surface area contributed by atoms with Crippen LogP contribution in [0.15, 0.2) is 17.0 Å². The Morgan fingerprint density at radius 1 is 1.11 bits per heavy atom. The van der Waals surface area contributed by atoms with Crippen molar-refractivity contribution in [1.82, 2.24) is 20.6 Å². The number of carboxylic acids is 1. The number of carbonyl (C=O) groups excluding carboxylic acids is 1. The molecular formula is C33H44N4O6S. The van der Waals surface area contributed by atoms with Crippen LogP contribution in [0.25, 0.3) is 18.2 Å². The third-order valence-corrected chi connectivity index (χ3v) is 9.76. The summed E-state index contributed by atoms with van der Waals surface area (Å²) >= 11 is 4.65. The molecule has 0 radical (unpaired) electrons. The average Bonchev–Trinajstić information content (AvgIpc) is 3.51. The molecule has 5 atom stereocenters. The molecule has 2 aromatic rings. The number of H-pyrrole nitrogens is 2. The first kappa shape index (κ1) is 32.2. The Balaban J connectivity index is 1.61. The minimum absolute atomic E-state index is 0.00994. The molecule has 3 aliphatic heterocycles. The van der Waals surface area contributed by atoms with Crippen molar-refractivity contribution in [2.75, 3.05) is 0 Å². The number of nitrogens with one attached hydrogen (secondary N) is 4. The molecular weight excluding hydrogens is 580 g/mol. The van der Waals surface area contributed by atoms with Crippen LogP contribution in [-0.2, 0) is 32.2 Å². The molecule has 3 unspecified atom stereocenters. The lowest BCUT2D eigenvalue weighted by molar-refractivity contribution is -0.137. The maximum atomic E-state index is 12.5. The van der Waals surface area contributed by atoms with Gasteiger partial charge >= 0.3 is 5.97 Å². The van der Waals surface area contributed by atoms with Gasteiger partial charge in [0.2, 0.25) is 12.2 Å². The summed E-state index contributed by atoms with van der Waals surface area (Å²) in [5.41, 5.74) is 8.58. The molecule has 0 aromatic carbocycles. The van der Waals surface area contributed by atoms with Gasteiger partial charge in [0.1, 0.15) is 6.23 Å². The molecule has 2 aromatic heterocycles. The second kappa shape index (κ2) is 13.0. The van der Waals surface area contributed by atoms with E-state index in [4.69, 9.17) is 9.78 Å². The summed E-state index contributed by atoms with van der Waals surface area (Å²) in [6, 6.07) is 0. The van der Waals surface area contributed by atoms with Gasteiger partial charge in [-0.05, 0) is 73.2 Å². The lowest BCUT2D eigenvalue weighted by Crippen LogP contribution is -2.28. The number of allylic oxidation sites excluding steroid dienone is 2. The average molecular weight is 625 g/mol. The van der Waals surface area contributed by atoms with Crippen LogP contribution in [-0.4, -0.2) is 49.8 Å². The van der Waals surface area contributed by atoms with Crippen molar-refractivity contribution in [1.29, 1.82) is 0 Å². The Morgan fingerprint density at radius 3 is 2.45 bits per heavy atom. The molecule has 0 saturated carbocycles. The third-order valence-electron chi connectivity index (χ3n) is 9.44. The van der Waals surface area contributed by atoms with E-state index in [2.05, 4.69) is 60.1 Å². The molecule has 3 aliphatic rings. The minimum Gasteiger partial charge on any atom is -0.481 e. The monoisotopic (exact) mass is 624 g/mol. The Hall–Kier alpha value is -3.25. The van der Waals surface area contributed by atoms with Crippen LogP contribution in [0.3, 0.4) is 0 Å². The number of thiol groups is 1. The summed E-state index contributed by atoms with van der Waals surface area (Å²) in [6.45, 7) is 12.1. The van der Waals surface area contributed by atoms with Crippen molar-refractivity contribution in [2.24, 2.45) is 17.8 Å². The summed E-state index contributed by atoms with van der Waals surface area (Å²) in [4.78, 5) is 41.3. The zero-order valence-corrected chi connectivity index (χ0v) is 27.1. The Bertz CT molecular complexity index is 1630. The number of hydrogen-bond acceptors (Lipinski definition) is 7. The first-order valence-electron chi connectivity index (χ1n) is 15.4. The van der Waals surface area contributed by atoms with Crippen LogP contribution in [0, 0.1) is 31.6 Å². The number of carboxylic acid groups (broad SMARTS) is 1. The molecule has 11 heteroatoms. The van der Waals surface area contributed by atoms with Crippen molar-refractivity contribution < 1.29 is 29.6 Å². The van der Waals surface area contributed by atoms with E-state index in [1.807, 2.05) is 32.9 Å². The number of aromatic amines is 2. The molecule has 5 heterocycles. The Labute approximate surface area is 263 Å².